The van der Waals surface area contributed by atoms with Crippen LogP contribution in [0.3, 0.4) is 0 Å². The Morgan fingerprint density at radius 3 is 2.63 bits per heavy atom. The van der Waals surface area contributed by atoms with Gasteiger partial charge in [0.1, 0.15) is 5.76 Å². The van der Waals surface area contributed by atoms with Gasteiger partial charge in [-0.25, -0.2) is 13.4 Å². The second-order valence-electron chi connectivity index (χ2n) is 4.08. The standard InChI is InChI=1S/C10H13N3O4S2/c1-5-4-11-8(17-5)6(2)13-19(15,16)9-7(3)12-10(14)18-9/h4,6,13H,1-3H3,(H,12,14). The molecular weight excluding hydrogens is 290 g/mol. The number of sulfonamides is 1. The van der Waals surface area contributed by atoms with Crippen LogP contribution in [0.1, 0.15) is 30.3 Å². The molecule has 0 saturated carbocycles. The Hall–Kier alpha value is -1.45. The zero-order valence-electron chi connectivity index (χ0n) is 10.6. The summed E-state index contributed by atoms with van der Waals surface area (Å²) in [6, 6.07) is -0.615. The number of aromatic nitrogens is 2. The van der Waals surface area contributed by atoms with Gasteiger partial charge in [0, 0.05) is 5.69 Å². The lowest BCUT2D eigenvalue weighted by molar-refractivity contribution is 0.428. The summed E-state index contributed by atoms with van der Waals surface area (Å²) in [5, 5.41) is 0. The van der Waals surface area contributed by atoms with Crippen molar-refractivity contribution in [2.24, 2.45) is 0 Å². The summed E-state index contributed by atoms with van der Waals surface area (Å²) in [5.41, 5.74) is 0.318. The quantitative estimate of drug-likeness (QED) is 0.879. The van der Waals surface area contributed by atoms with Gasteiger partial charge in [0.15, 0.2) is 4.21 Å². The van der Waals surface area contributed by atoms with Crippen LogP contribution in [-0.2, 0) is 10.0 Å². The molecule has 19 heavy (non-hydrogen) atoms. The van der Waals surface area contributed by atoms with Gasteiger partial charge in [-0.3, -0.25) is 4.79 Å². The van der Waals surface area contributed by atoms with Crippen LogP contribution in [0.4, 0.5) is 0 Å². The second kappa shape index (κ2) is 4.91. The molecular formula is C10H13N3O4S2. The van der Waals surface area contributed by atoms with Crippen LogP contribution in [-0.4, -0.2) is 18.4 Å². The molecule has 2 aromatic rings. The number of oxazole rings is 1. The highest BCUT2D eigenvalue weighted by molar-refractivity contribution is 7.91. The first kappa shape index (κ1) is 14.0. The molecule has 2 heterocycles. The van der Waals surface area contributed by atoms with Gasteiger partial charge in [-0.1, -0.05) is 11.3 Å². The van der Waals surface area contributed by atoms with Crippen LogP contribution in [0.5, 0.6) is 0 Å². The number of hydrogen-bond acceptors (Lipinski definition) is 6. The molecule has 0 saturated heterocycles. The average Bonchev–Trinajstić information content (AvgIpc) is 2.84. The third kappa shape index (κ3) is 2.94. The number of nitrogens with one attached hydrogen (secondary N) is 2. The molecule has 1 unspecified atom stereocenters. The number of hydrogen-bond donors (Lipinski definition) is 2. The summed E-state index contributed by atoms with van der Waals surface area (Å²) < 4.78 is 31.9. The number of nitrogens with zero attached hydrogens (tertiary/aromatic N) is 1. The van der Waals surface area contributed by atoms with E-state index in [9.17, 15) is 13.2 Å². The van der Waals surface area contributed by atoms with E-state index >= 15 is 0 Å². The van der Waals surface area contributed by atoms with Crippen molar-refractivity contribution >= 4 is 21.4 Å². The molecule has 1 atom stereocenters. The highest BCUT2D eigenvalue weighted by atomic mass is 32.2. The smallest absolute Gasteiger partial charge is 0.305 e. The van der Waals surface area contributed by atoms with Gasteiger partial charge in [-0.05, 0) is 20.8 Å². The summed E-state index contributed by atoms with van der Waals surface area (Å²) in [7, 11) is -3.77. The van der Waals surface area contributed by atoms with E-state index in [0.717, 1.165) is 0 Å². The largest absolute Gasteiger partial charge is 0.444 e. The fourth-order valence-electron chi connectivity index (χ4n) is 1.56. The molecule has 104 valence electrons. The van der Waals surface area contributed by atoms with Crippen molar-refractivity contribution in [3.63, 3.8) is 0 Å². The van der Waals surface area contributed by atoms with Crippen molar-refractivity contribution in [2.45, 2.75) is 31.0 Å². The number of H-pyrrole nitrogens is 1. The highest BCUT2D eigenvalue weighted by Gasteiger charge is 2.25. The monoisotopic (exact) mass is 303 g/mol. The van der Waals surface area contributed by atoms with Gasteiger partial charge in [-0.15, -0.1) is 0 Å². The first-order valence-corrected chi connectivity index (χ1v) is 7.74. The third-order valence-electron chi connectivity index (χ3n) is 2.37. The molecule has 2 aromatic heterocycles. The minimum atomic E-state index is -3.77. The number of rotatable bonds is 4. The van der Waals surface area contributed by atoms with Crippen LogP contribution in [0.2, 0.25) is 0 Å². The van der Waals surface area contributed by atoms with Gasteiger partial charge < -0.3 is 9.40 Å². The second-order valence-corrected chi connectivity index (χ2v) is 6.97. The average molecular weight is 303 g/mol. The molecule has 7 nitrogen and oxygen atoms in total. The highest BCUT2D eigenvalue weighted by Crippen LogP contribution is 2.20. The minimum Gasteiger partial charge on any atom is -0.444 e. The van der Waals surface area contributed by atoms with E-state index in [-0.39, 0.29) is 10.1 Å². The number of thiazole rings is 1. The Bertz CT molecular complexity index is 741. The van der Waals surface area contributed by atoms with Crippen molar-refractivity contribution in [3.8, 4) is 0 Å². The Morgan fingerprint density at radius 2 is 2.16 bits per heavy atom. The SMILES string of the molecule is Cc1cnc(C(C)NS(=O)(=O)c2sc(=O)[nH]c2C)o1. The number of aromatic amines is 1. The minimum absolute atomic E-state index is 0.0207. The zero-order valence-corrected chi connectivity index (χ0v) is 12.2. The lowest BCUT2D eigenvalue weighted by Gasteiger charge is -2.10. The predicted octanol–water partition coefficient (Wildman–Crippen LogP) is 1.08. The first-order chi connectivity index (χ1) is 8.79. The van der Waals surface area contributed by atoms with E-state index in [0.29, 0.717) is 22.8 Å². The van der Waals surface area contributed by atoms with Crippen molar-refractivity contribution in [1.29, 1.82) is 0 Å². The van der Waals surface area contributed by atoms with Gasteiger partial charge in [-0.2, -0.15) is 4.72 Å². The molecule has 0 aliphatic carbocycles. The molecule has 2 N–H and O–H groups in total. The maximum absolute atomic E-state index is 12.1. The molecule has 0 aliphatic heterocycles. The van der Waals surface area contributed by atoms with Crippen molar-refractivity contribution < 1.29 is 12.8 Å². The maximum Gasteiger partial charge on any atom is 0.305 e. The van der Waals surface area contributed by atoms with Gasteiger partial charge in [0.2, 0.25) is 5.89 Å². The van der Waals surface area contributed by atoms with Crippen LogP contribution < -0.4 is 9.60 Å². The Balaban J connectivity index is 2.27. The predicted molar refractivity (Wildman–Crippen MR) is 69.7 cm³/mol. The van der Waals surface area contributed by atoms with E-state index in [1.54, 1.807) is 13.8 Å². The Labute approximate surface area is 113 Å². The van der Waals surface area contributed by atoms with E-state index in [1.165, 1.54) is 13.1 Å². The fraction of sp³-hybridized carbons (Fsp3) is 0.400. The van der Waals surface area contributed by atoms with E-state index in [4.69, 9.17) is 4.42 Å². The molecule has 0 spiro atoms. The molecule has 0 aliphatic rings. The molecule has 2 rings (SSSR count). The molecule has 0 aromatic carbocycles. The Kier molecular flexibility index (Phi) is 3.61. The van der Waals surface area contributed by atoms with E-state index in [1.807, 2.05) is 0 Å². The summed E-state index contributed by atoms with van der Waals surface area (Å²) in [5.74, 6) is 0.880. The van der Waals surface area contributed by atoms with Crippen molar-refractivity contribution in [3.05, 3.63) is 33.2 Å². The lowest BCUT2D eigenvalue weighted by atomic mass is 10.4. The molecule has 9 heteroatoms. The summed E-state index contributed by atoms with van der Waals surface area (Å²) in [4.78, 5) is 17.1. The Morgan fingerprint density at radius 1 is 1.47 bits per heavy atom. The van der Waals surface area contributed by atoms with Gasteiger partial charge in [0.05, 0.1) is 12.2 Å². The normalized spacial score (nSPS) is 13.6. The first-order valence-electron chi connectivity index (χ1n) is 5.44. The summed E-state index contributed by atoms with van der Waals surface area (Å²) in [6.07, 6.45) is 1.51. The summed E-state index contributed by atoms with van der Waals surface area (Å²) >= 11 is 0.651. The van der Waals surface area contributed by atoms with Gasteiger partial charge in [0.25, 0.3) is 10.0 Å². The maximum atomic E-state index is 12.1. The van der Waals surface area contributed by atoms with E-state index < -0.39 is 20.9 Å². The van der Waals surface area contributed by atoms with Crippen LogP contribution in [0.15, 0.2) is 19.6 Å². The molecule has 0 radical (unpaired) electrons. The van der Waals surface area contributed by atoms with Gasteiger partial charge >= 0.3 is 4.87 Å². The van der Waals surface area contributed by atoms with Crippen LogP contribution in [0, 0.1) is 13.8 Å². The van der Waals surface area contributed by atoms with Crippen LogP contribution >= 0.6 is 11.3 Å². The number of aryl methyl sites for hydroxylation is 2. The third-order valence-corrected chi connectivity index (χ3v) is 5.51. The zero-order chi connectivity index (χ0) is 14.2. The summed E-state index contributed by atoms with van der Waals surface area (Å²) in [6.45, 7) is 4.87. The molecule has 0 bridgehead atoms. The molecule has 0 fully saturated rings. The van der Waals surface area contributed by atoms with Crippen LogP contribution in [0.25, 0.3) is 0 Å². The molecule has 0 amide bonds. The fourth-order valence-corrected chi connectivity index (χ4v) is 4.07. The van der Waals surface area contributed by atoms with Crippen molar-refractivity contribution in [2.75, 3.05) is 0 Å². The van der Waals surface area contributed by atoms with E-state index in [2.05, 4.69) is 14.7 Å². The lowest BCUT2D eigenvalue weighted by Crippen LogP contribution is -2.27. The topological polar surface area (TPSA) is 105 Å². The van der Waals surface area contributed by atoms with Crippen molar-refractivity contribution in [1.82, 2.24) is 14.7 Å².